The maximum absolute atomic E-state index is 11.9. The third-order valence-electron chi connectivity index (χ3n) is 3.28. The molecule has 0 aliphatic carbocycles. The molecule has 0 atom stereocenters. The summed E-state index contributed by atoms with van der Waals surface area (Å²) in [6, 6.07) is 17.8. The van der Waals surface area contributed by atoms with E-state index in [1.165, 1.54) is 24.3 Å². The minimum Gasteiger partial charge on any atom is -0.508 e. The van der Waals surface area contributed by atoms with Gasteiger partial charge in [0.1, 0.15) is 5.75 Å². The van der Waals surface area contributed by atoms with E-state index in [0.717, 1.165) is 11.3 Å². The van der Waals surface area contributed by atoms with E-state index in [2.05, 4.69) is 10.5 Å². The predicted octanol–water partition coefficient (Wildman–Crippen LogP) is 2.95. The Kier molecular flexibility index (Phi) is 4.20. The zero-order chi connectivity index (χ0) is 16.1. The summed E-state index contributed by atoms with van der Waals surface area (Å²) in [6.45, 7) is 0. The van der Waals surface area contributed by atoms with Crippen molar-refractivity contribution in [2.75, 3.05) is 0 Å². The van der Waals surface area contributed by atoms with Crippen molar-refractivity contribution >= 4 is 12.1 Å². The number of hydrogen-bond acceptors (Lipinski definition) is 3. The van der Waals surface area contributed by atoms with Crippen molar-refractivity contribution in [2.45, 2.75) is 0 Å². The van der Waals surface area contributed by atoms with Crippen molar-refractivity contribution in [3.05, 3.63) is 84.2 Å². The SMILES string of the molecule is O=C(N/N=C\c1ccn(-c2ccccc2)c1)c1ccc(O)cc1. The van der Waals surface area contributed by atoms with Gasteiger partial charge in [-0.2, -0.15) is 5.10 Å². The van der Waals surface area contributed by atoms with Crippen LogP contribution in [0.2, 0.25) is 0 Å². The summed E-state index contributed by atoms with van der Waals surface area (Å²) in [7, 11) is 0. The average Bonchev–Trinajstić information content (AvgIpc) is 3.05. The fourth-order valence-electron chi connectivity index (χ4n) is 2.09. The number of benzene rings is 2. The number of nitrogens with one attached hydrogen (secondary N) is 1. The number of hydrogen-bond donors (Lipinski definition) is 2. The molecule has 0 unspecified atom stereocenters. The largest absolute Gasteiger partial charge is 0.508 e. The quantitative estimate of drug-likeness (QED) is 0.575. The van der Waals surface area contributed by atoms with E-state index in [1.54, 1.807) is 6.21 Å². The number of aromatic hydroxyl groups is 1. The number of hydrazone groups is 1. The van der Waals surface area contributed by atoms with Gasteiger partial charge in [-0.1, -0.05) is 18.2 Å². The van der Waals surface area contributed by atoms with Gasteiger partial charge in [-0.05, 0) is 42.5 Å². The van der Waals surface area contributed by atoms with Crippen LogP contribution in [0.3, 0.4) is 0 Å². The van der Waals surface area contributed by atoms with Gasteiger partial charge < -0.3 is 9.67 Å². The molecule has 1 aromatic heterocycles. The first kappa shape index (κ1) is 14.6. The third kappa shape index (κ3) is 3.65. The molecule has 23 heavy (non-hydrogen) atoms. The van der Waals surface area contributed by atoms with Crippen molar-refractivity contribution in [1.82, 2.24) is 9.99 Å². The van der Waals surface area contributed by atoms with Gasteiger partial charge in [0, 0.05) is 29.2 Å². The fourth-order valence-corrected chi connectivity index (χ4v) is 2.09. The molecule has 0 saturated heterocycles. The summed E-state index contributed by atoms with van der Waals surface area (Å²) in [5, 5.41) is 13.1. The number of para-hydroxylation sites is 1. The number of phenolic OH excluding ortho intramolecular Hbond substituents is 1. The number of carbonyl (C=O) groups is 1. The smallest absolute Gasteiger partial charge is 0.271 e. The Labute approximate surface area is 133 Å². The van der Waals surface area contributed by atoms with Crippen LogP contribution in [0.4, 0.5) is 0 Å². The zero-order valence-corrected chi connectivity index (χ0v) is 12.3. The van der Waals surface area contributed by atoms with E-state index >= 15 is 0 Å². The standard InChI is InChI=1S/C18H15N3O2/c22-17-8-6-15(7-9-17)18(23)20-19-12-14-10-11-21(13-14)16-4-2-1-3-5-16/h1-13,22H,(H,20,23)/b19-12-. The van der Waals surface area contributed by atoms with Crippen LogP contribution in [0.5, 0.6) is 5.75 Å². The molecular formula is C18H15N3O2. The van der Waals surface area contributed by atoms with E-state index in [9.17, 15) is 9.90 Å². The highest BCUT2D eigenvalue weighted by Crippen LogP contribution is 2.10. The number of aromatic nitrogens is 1. The van der Waals surface area contributed by atoms with Crippen LogP contribution < -0.4 is 5.43 Å². The van der Waals surface area contributed by atoms with Gasteiger partial charge in [-0.3, -0.25) is 4.79 Å². The highest BCUT2D eigenvalue weighted by atomic mass is 16.3. The summed E-state index contributed by atoms with van der Waals surface area (Å²) in [5.41, 5.74) is 4.82. The molecule has 1 heterocycles. The Balaban J connectivity index is 1.63. The third-order valence-corrected chi connectivity index (χ3v) is 3.28. The molecule has 2 aromatic carbocycles. The van der Waals surface area contributed by atoms with Gasteiger partial charge in [0.15, 0.2) is 0 Å². The fraction of sp³-hybridized carbons (Fsp3) is 0. The predicted molar refractivity (Wildman–Crippen MR) is 88.9 cm³/mol. The van der Waals surface area contributed by atoms with Gasteiger partial charge in [-0.25, -0.2) is 5.43 Å². The van der Waals surface area contributed by atoms with Crippen LogP contribution in [-0.2, 0) is 0 Å². The average molecular weight is 305 g/mol. The zero-order valence-electron chi connectivity index (χ0n) is 12.3. The second-order valence-corrected chi connectivity index (χ2v) is 4.93. The molecular weight excluding hydrogens is 290 g/mol. The maximum Gasteiger partial charge on any atom is 0.271 e. The van der Waals surface area contributed by atoms with Crippen LogP contribution in [-0.4, -0.2) is 21.8 Å². The van der Waals surface area contributed by atoms with E-state index < -0.39 is 0 Å². The molecule has 2 N–H and O–H groups in total. The van der Waals surface area contributed by atoms with Crippen molar-refractivity contribution in [3.63, 3.8) is 0 Å². The van der Waals surface area contributed by atoms with E-state index in [-0.39, 0.29) is 11.7 Å². The van der Waals surface area contributed by atoms with Crippen LogP contribution in [0.1, 0.15) is 15.9 Å². The molecule has 114 valence electrons. The highest BCUT2D eigenvalue weighted by Gasteiger charge is 2.03. The number of nitrogens with zero attached hydrogens (tertiary/aromatic N) is 2. The highest BCUT2D eigenvalue weighted by molar-refractivity contribution is 5.94. The molecule has 0 aliphatic rings. The van der Waals surface area contributed by atoms with E-state index in [0.29, 0.717) is 5.56 Å². The van der Waals surface area contributed by atoms with Crippen molar-refractivity contribution < 1.29 is 9.90 Å². The number of amides is 1. The van der Waals surface area contributed by atoms with Crippen molar-refractivity contribution in [3.8, 4) is 11.4 Å². The summed E-state index contributed by atoms with van der Waals surface area (Å²) in [4.78, 5) is 11.9. The van der Waals surface area contributed by atoms with Gasteiger partial charge in [0.05, 0.1) is 6.21 Å². The molecule has 1 amide bonds. The van der Waals surface area contributed by atoms with Crippen LogP contribution >= 0.6 is 0 Å². The number of rotatable bonds is 4. The molecule has 0 aliphatic heterocycles. The Hall–Kier alpha value is -3.34. The molecule has 0 saturated carbocycles. The summed E-state index contributed by atoms with van der Waals surface area (Å²) in [5.74, 6) is -0.212. The van der Waals surface area contributed by atoms with Gasteiger partial charge in [0.25, 0.3) is 5.91 Å². The molecule has 5 nitrogen and oxygen atoms in total. The first-order valence-corrected chi connectivity index (χ1v) is 7.08. The van der Waals surface area contributed by atoms with Gasteiger partial charge in [0.2, 0.25) is 0 Å². The van der Waals surface area contributed by atoms with Gasteiger partial charge in [-0.15, -0.1) is 0 Å². The lowest BCUT2D eigenvalue weighted by Gasteiger charge is -2.00. The first-order chi connectivity index (χ1) is 11.2. The number of phenols is 1. The molecule has 3 rings (SSSR count). The lowest BCUT2D eigenvalue weighted by atomic mass is 10.2. The summed E-state index contributed by atoms with van der Waals surface area (Å²) in [6.07, 6.45) is 5.43. The second kappa shape index (κ2) is 6.62. The minimum absolute atomic E-state index is 0.118. The Morgan fingerprint density at radius 2 is 1.78 bits per heavy atom. The first-order valence-electron chi connectivity index (χ1n) is 7.08. The molecule has 3 aromatic rings. The molecule has 5 heteroatoms. The van der Waals surface area contributed by atoms with Crippen LogP contribution in [0.15, 0.2) is 78.2 Å². The van der Waals surface area contributed by atoms with E-state index in [4.69, 9.17) is 0 Å². The second-order valence-electron chi connectivity index (χ2n) is 4.93. The van der Waals surface area contributed by atoms with Crippen LogP contribution in [0, 0.1) is 0 Å². The Morgan fingerprint density at radius 3 is 2.52 bits per heavy atom. The topological polar surface area (TPSA) is 66.6 Å². The lowest BCUT2D eigenvalue weighted by molar-refractivity contribution is 0.0955. The molecule has 0 radical (unpaired) electrons. The Morgan fingerprint density at radius 1 is 1.04 bits per heavy atom. The summed E-state index contributed by atoms with van der Waals surface area (Å²) < 4.78 is 1.98. The lowest BCUT2D eigenvalue weighted by Crippen LogP contribution is -2.17. The molecule has 0 spiro atoms. The monoisotopic (exact) mass is 305 g/mol. The normalized spacial score (nSPS) is 10.8. The molecule has 0 fully saturated rings. The van der Waals surface area contributed by atoms with Crippen molar-refractivity contribution in [1.29, 1.82) is 0 Å². The summed E-state index contributed by atoms with van der Waals surface area (Å²) >= 11 is 0. The Bertz CT molecular complexity index is 821. The maximum atomic E-state index is 11.9. The number of carbonyl (C=O) groups excluding carboxylic acids is 1. The van der Waals surface area contributed by atoms with Crippen LogP contribution in [0.25, 0.3) is 5.69 Å². The minimum atomic E-state index is -0.330. The van der Waals surface area contributed by atoms with E-state index in [1.807, 2.05) is 53.4 Å². The van der Waals surface area contributed by atoms with Gasteiger partial charge >= 0.3 is 0 Å². The molecule has 0 bridgehead atoms. The van der Waals surface area contributed by atoms with Crippen molar-refractivity contribution in [2.24, 2.45) is 5.10 Å².